The van der Waals surface area contributed by atoms with E-state index < -0.39 is 0 Å². The molecule has 2 heterocycles. The third-order valence-corrected chi connectivity index (χ3v) is 5.25. The summed E-state index contributed by atoms with van der Waals surface area (Å²) >= 11 is 0. The molecule has 1 aliphatic carbocycles. The van der Waals surface area contributed by atoms with E-state index in [1.54, 1.807) is 0 Å². The van der Waals surface area contributed by atoms with Crippen LogP contribution in [-0.2, 0) is 9.53 Å². The molecule has 1 amide bonds. The van der Waals surface area contributed by atoms with Crippen molar-refractivity contribution in [2.24, 2.45) is 5.92 Å². The maximum atomic E-state index is 12.6. The number of hydrogen-bond donors (Lipinski definition) is 1. The molecule has 3 atom stereocenters. The summed E-state index contributed by atoms with van der Waals surface area (Å²) < 4.78 is 5.38. The summed E-state index contributed by atoms with van der Waals surface area (Å²) in [5.41, 5.74) is 0. The molecule has 3 fully saturated rings. The molecule has 2 saturated heterocycles. The van der Waals surface area contributed by atoms with Crippen molar-refractivity contribution in [2.75, 3.05) is 20.3 Å². The standard InChI is InChI=1S/C15H26N2O2/c1-17(12-6-8-19-9-7-12)15(18)14-10-11-4-2-3-5-13(11)16-14/h11-14,16H,2-10H2,1H3. The highest BCUT2D eigenvalue weighted by atomic mass is 16.5. The lowest BCUT2D eigenvalue weighted by Crippen LogP contribution is -2.49. The Morgan fingerprint density at radius 1 is 1.16 bits per heavy atom. The van der Waals surface area contributed by atoms with Gasteiger partial charge in [-0.1, -0.05) is 12.8 Å². The molecule has 0 radical (unpaired) electrons. The molecule has 19 heavy (non-hydrogen) atoms. The first kappa shape index (κ1) is 13.4. The lowest BCUT2D eigenvalue weighted by Gasteiger charge is -2.33. The van der Waals surface area contributed by atoms with Crippen LogP contribution in [0.1, 0.15) is 44.9 Å². The predicted molar refractivity (Wildman–Crippen MR) is 73.9 cm³/mol. The van der Waals surface area contributed by atoms with Crippen LogP contribution in [0.2, 0.25) is 0 Å². The van der Waals surface area contributed by atoms with Gasteiger partial charge in [-0.2, -0.15) is 0 Å². The number of carbonyl (C=O) groups excluding carboxylic acids is 1. The number of nitrogens with one attached hydrogen (secondary N) is 1. The van der Waals surface area contributed by atoms with E-state index in [1.807, 2.05) is 11.9 Å². The molecule has 3 aliphatic rings. The molecular formula is C15H26N2O2. The topological polar surface area (TPSA) is 41.6 Å². The van der Waals surface area contributed by atoms with Crippen molar-refractivity contribution in [3.63, 3.8) is 0 Å². The molecule has 0 aromatic carbocycles. The van der Waals surface area contributed by atoms with Crippen molar-refractivity contribution in [1.29, 1.82) is 0 Å². The van der Waals surface area contributed by atoms with Gasteiger partial charge < -0.3 is 15.0 Å². The van der Waals surface area contributed by atoms with Crippen molar-refractivity contribution in [1.82, 2.24) is 10.2 Å². The Kier molecular flexibility index (Phi) is 4.08. The molecule has 4 heteroatoms. The van der Waals surface area contributed by atoms with Crippen molar-refractivity contribution in [3.05, 3.63) is 0 Å². The van der Waals surface area contributed by atoms with Gasteiger partial charge in [-0.25, -0.2) is 0 Å². The molecule has 0 spiro atoms. The third kappa shape index (κ3) is 2.79. The molecule has 108 valence electrons. The Balaban J connectivity index is 1.57. The number of amides is 1. The second-order valence-corrected chi connectivity index (χ2v) is 6.40. The van der Waals surface area contributed by atoms with E-state index in [1.165, 1.54) is 25.7 Å². The molecule has 2 aliphatic heterocycles. The molecule has 4 nitrogen and oxygen atoms in total. The first-order chi connectivity index (χ1) is 9.25. The second kappa shape index (κ2) is 5.80. The smallest absolute Gasteiger partial charge is 0.239 e. The van der Waals surface area contributed by atoms with Gasteiger partial charge in [0.15, 0.2) is 0 Å². The van der Waals surface area contributed by atoms with Crippen molar-refractivity contribution >= 4 is 5.91 Å². The number of carbonyl (C=O) groups is 1. The van der Waals surface area contributed by atoms with Gasteiger partial charge in [0.2, 0.25) is 5.91 Å². The van der Waals surface area contributed by atoms with E-state index >= 15 is 0 Å². The third-order valence-electron chi connectivity index (χ3n) is 5.25. The average Bonchev–Trinajstić information content (AvgIpc) is 2.90. The summed E-state index contributed by atoms with van der Waals surface area (Å²) in [5.74, 6) is 1.05. The zero-order chi connectivity index (χ0) is 13.2. The zero-order valence-electron chi connectivity index (χ0n) is 11.9. The molecule has 1 N–H and O–H groups in total. The zero-order valence-corrected chi connectivity index (χ0v) is 11.9. The normalized spacial score (nSPS) is 35.9. The molecule has 0 aromatic rings. The van der Waals surface area contributed by atoms with E-state index in [0.29, 0.717) is 18.0 Å². The highest BCUT2D eigenvalue weighted by Gasteiger charge is 2.40. The summed E-state index contributed by atoms with van der Waals surface area (Å²) in [6, 6.07) is 1.05. The Morgan fingerprint density at radius 3 is 2.63 bits per heavy atom. The van der Waals surface area contributed by atoms with E-state index in [9.17, 15) is 4.79 Å². The van der Waals surface area contributed by atoms with Gasteiger partial charge in [-0.15, -0.1) is 0 Å². The SMILES string of the molecule is CN(C(=O)C1CC2CCCCC2N1)C1CCOCC1. The largest absolute Gasteiger partial charge is 0.381 e. The highest BCUT2D eigenvalue weighted by Crippen LogP contribution is 2.33. The molecule has 0 aromatic heterocycles. The van der Waals surface area contributed by atoms with Gasteiger partial charge in [-0.05, 0) is 38.0 Å². The van der Waals surface area contributed by atoms with E-state index in [0.717, 1.165) is 38.4 Å². The highest BCUT2D eigenvalue weighted by molar-refractivity contribution is 5.82. The molecule has 0 bridgehead atoms. The van der Waals surface area contributed by atoms with Gasteiger partial charge in [0.05, 0.1) is 6.04 Å². The summed E-state index contributed by atoms with van der Waals surface area (Å²) in [6.45, 7) is 1.59. The van der Waals surface area contributed by atoms with Crippen LogP contribution in [0, 0.1) is 5.92 Å². The minimum Gasteiger partial charge on any atom is -0.381 e. The Labute approximate surface area is 115 Å². The van der Waals surface area contributed by atoms with Crippen LogP contribution in [0.25, 0.3) is 0 Å². The summed E-state index contributed by atoms with van der Waals surface area (Å²) in [6.07, 6.45) is 8.27. The van der Waals surface area contributed by atoms with Gasteiger partial charge in [-0.3, -0.25) is 4.79 Å². The van der Waals surface area contributed by atoms with Crippen molar-refractivity contribution < 1.29 is 9.53 Å². The lowest BCUT2D eigenvalue weighted by atomic mass is 9.85. The van der Waals surface area contributed by atoms with Crippen LogP contribution >= 0.6 is 0 Å². The van der Waals surface area contributed by atoms with Crippen LogP contribution in [0.5, 0.6) is 0 Å². The minimum atomic E-state index is 0.0703. The Bertz CT molecular complexity index is 314. The number of likely N-dealkylation sites (N-methyl/N-ethyl adjacent to an activating group) is 1. The lowest BCUT2D eigenvalue weighted by molar-refractivity contribution is -0.135. The average molecular weight is 266 g/mol. The first-order valence-electron chi connectivity index (χ1n) is 7.86. The molecule has 1 saturated carbocycles. The fourth-order valence-corrected chi connectivity index (χ4v) is 4.01. The minimum absolute atomic E-state index is 0.0703. The van der Waals surface area contributed by atoms with E-state index in [-0.39, 0.29) is 6.04 Å². The Morgan fingerprint density at radius 2 is 1.89 bits per heavy atom. The van der Waals surface area contributed by atoms with Crippen LogP contribution in [0.4, 0.5) is 0 Å². The van der Waals surface area contributed by atoms with E-state index in [2.05, 4.69) is 5.32 Å². The molecular weight excluding hydrogens is 240 g/mol. The van der Waals surface area contributed by atoms with Crippen molar-refractivity contribution in [2.45, 2.75) is 63.1 Å². The van der Waals surface area contributed by atoms with Crippen molar-refractivity contribution in [3.8, 4) is 0 Å². The van der Waals surface area contributed by atoms with Gasteiger partial charge in [0.25, 0.3) is 0 Å². The maximum absolute atomic E-state index is 12.6. The number of nitrogens with zero attached hydrogens (tertiary/aromatic N) is 1. The number of hydrogen-bond acceptors (Lipinski definition) is 3. The van der Waals surface area contributed by atoms with Gasteiger partial charge in [0.1, 0.15) is 0 Å². The molecule has 3 unspecified atom stereocenters. The van der Waals surface area contributed by atoms with Gasteiger partial charge in [0, 0.05) is 32.3 Å². The van der Waals surface area contributed by atoms with Crippen LogP contribution in [0.15, 0.2) is 0 Å². The first-order valence-corrected chi connectivity index (χ1v) is 7.86. The number of fused-ring (bicyclic) bond motifs is 1. The van der Waals surface area contributed by atoms with Crippen LogP contribution in [-0.4, -0.2) is 49.2 Å². The summed E-state index contributed by atoms with van der Waals surface area (Å²) in [5, 5.41) is 3.59. The van der Waals surface area contributed by atoms with Gasteiger partial charge >= 0.3 is 0 Å². The van der Waals surface area contributed by atoms with E-state index in [4.69, 9.17) is 4.74 Å². The van der Waals surface area contributed by atoms with Crippen LogP contribution in [0.3, 0.4) is 0 Å². The Hall–Kier alpha value is -0.610. The molecule has 3 rings (SSSR count). The number of rotatable bonds is 2. The predicted octanol–water partition coefficient (Wildman–Crippen LogP) is 1.54. The monoisotopic (exact) mass is 266 g/mol. The fraction of sp³-hybridized carbons (Fsp3) is 0.933. The second-order valence-electron chi connectivity index (χ2n) is 6.40. The quantitative estimate of drug-likeness (QED) is 0.824. The fourth-order valence-electron chi connectivity index (χ4n) is 4.01. The summed E-state index contributed by atoms with van der Waals surface area (Å²) in [4.78, 5) is 14.6. The maximum Gasteiger partial charge on any atom is 0.239 e. The number of ether oxygens (including phenoxy) is 1. The van der Waals surface area contributed by atoms with Crippen LogP contribution < -0.4 is 5.32 Å². The summed E-state index contributed by atoms with van der Waals surface area (Å²) in [7, 11) is 1.97.